The molecule has 2 amide bonds. The number of hydrogen-bond acceptors (Lipinski definition) is 6. The third kappa shape index (κ3) is 5.31. The zero-order valence-corrected chi connectivity index (χ0v) is 23.7. The van der Waals surface area contributed by atoms with E-state index in [1.165, 1.54) is 16.9 Å². The van der Waals surface area contributed by atoms with Crippen LogP contribution in [0.1, 0.15) is 93.8 Å². The lowest BCUT2D eigenvalue weighted by atomic mass is 9.77. The fourth-order valence-electron chi connectivity index (χ4n) is 5.70. The summed E-state index contributed by atoms with van der Waals surface area (Å²) in [5.74, 6) is 1.15. The van der Waals surface area contributed by atoms with Gasteiger partial charge in [0.2, 0.25) is 0 Å². The summed E-state index contributed by atoms with van der Waals surface area (Å²) in [6.07, 6.45) is 5.06. The molecular weight excluding hydrogens is 504 g/mol. The summed E-state index contributed by atoms with van der Waals surface area (Å²) in [5.41, 5.74) is 5.63. The number of rotatable bonds is 7. The Morgan fingerprint density at radius 2 is 1.85 bits per heavy atom. The first-order valence-corrected chi connectivity index (χ1v) is 14.1. The molecule has 5 rings (SSSR count). The topological polar surface area (TPSA) is 115 Å². The molecule has 9 heteroatoms. The van der Waals surface area contributed by atoms with E-state index < -0.39 is 0 Å². The molecule has 0 atom stereocenters. The predicted octanol–water partition coefficient (Wildman–Crippen LogP) is 5.04. The van der Waals surface area contributed by atoms with Crippen LogP contribution < -0.4 is 4.74 Å². The Morgan fingerprint density at radius 3 is 2.48 bits per heavy atom. The number of aryl methyl sites for hydroxylation is 1. The molecule has 3 aromatic rings. The van der Waals surface area contributed by atoms with E-state index >= 15 is 0 Å². The van der Waals surface area contributed by atoms with Crippen LogP contribution in [0.25, 0.3) is 11.4 Å². The molecule has 0 unspecified atom stereocenters. The molecule has 1 aliphatic heterocycles. The van der Waals surface area contributed by atoms with Crippen molar-refractivity contribution in [3.63, 3.8) is 0 Å². The molecule has 1 aliphatic carbocycles. The number of nitrogens with zero attached hydrogens (tertiary/aromatic N) is 5. The Bertz CT molecular complexity index is 1460. The van der Waals surface area contributed by atoms with Crippen LogP contribution >= 0.6 is 0 Å². The maximum Gasteiger partial charge on any atom is 0.335 e. The second-order valence-electron chi connectivity index (χ2n) is 11.0. The molecule has 1 aromatic heterocycles. The second-order valence-corrected chi connectivity index (χ2v) is 11.0. The third-order valence-corrected chi connectivity index (χ3v) is 8.22. The number of amides is 2. The predicted molar refractivity (Wildman–Crippen MR) is 151 cm³/mol. The quantitative estimate of drug-likeness (QED) is 0.449. The molecule has 40 heavy (non-hydrogen) atoms. The summed E-state index contributed by atoms with van der Waals surface area (Å²) >= 11 is 0. The minimum Gasteiger partial charge on any atom is -0.463 e. The first-order valence-electron chi connectivity index (χ1n) is 14.1. The Hall–Kier alpha value is -4.19. The Kier molecular flexibility index (Phi) is 7.88. The van der Waals surface area contributed by atoms with Crippen molar-refractivity contribution in [3.8, 4) is 23.5 Å². The highest BCUT2D eigenvalue weighted by molar-refractivity contribution is 5.97. The SMILES string of the molecule is CCOc1n[nH]c(-c2cc(C(=O)N3CCC(c4ccc(C#N)c(C(=O)N(C)C)c4)CC3)c(C)cc2C2CCC2)n1. The molecular formula is C31H36N6O3. The first kappa shape index (κ1) is 27.4. The standard InChI is InChI=1S/C31H36N6O3/c1-5-40-31-33-28(34-35-31)27-17-24(19(2)15-25(27)21-7-6-8-21)30(39)37-13-11-20(12-14-37)22-9-10-23(18-32)26(16-22)29(38)36(3)4/h9-10,15-17,20-21H,5-8,11-14H2,1-4H3,(H,33,34,35). The van der Waals surface area contributed by atoms with Crippen LogP contribution in [-0.4, -0.2) is 70.6 Å². The van der Waals surface area contributed by atoms with Crippen molar-refractivity contribution >= 4 is 11.8 Å². The molecule has 1 N–H and O–H groups in total. The number of aromatic amines is 1. The van der Waals surface area contributed by atoms with Crippen LogP contribution in [0.5, 0.6) is 6.01 Å². The highest BCUT2D eigenvalue weighted by Crippen LogP contribution is 2.42. The summed E-state index contributed by atoms with van der Waals surface area (Å²) in [6.45, 7) is 5.63. The number of likely N-dealkylation sites (tertiary alicyclic amines) is 1. The van der Waals surface area contributed by atoms with Crippen LogP contribution in [0.15, 0.2) is 30.3 Å². The van der Waals surface area contributed by atoms with Gasteiger partial charge in [-0.3, -0.25) is 14.7 Å². The minimum absolute atomic E-state index is 0.0187. The fourth-order valence-corrected chi connectivity index (χ4v) is 5.70. The van der Waals surface area contributed by atoms with Gasteiger partial charge in [0, 0.05) is 38.3 Å². The number of aromatic nitrogens is 3. The van der Waals surface area contributed by atoms with Crippen LogP contribution in [0.3, 0.4) is 0 Å². The summed E-state index contributed by atoms with van der Waals surface area (Å²) in [6, 6.07) is 12.1. The van der Waals surface area contributed by atoms with Crippen molar-refractivity contribution in [1.82, 2.24) is 25.0 Å². The normalized spacial score (nSPS) is 15.8. The van der Waals surface area contributed by atoms with Gasteiger partial charge in [-0.2, -0.15) is 10.2 Å². The first-order chi connectivity index (χ1) is 19.3. The van der Waals surface area contributed by atoms with Crippen molar-refractivity contribution in [2.75, 3.05) is 33.8 Å². The van der Waals surface area contributed by atoms with E-state index in [9.17, 15) is 14.9 Å². The fraction of sp³-hybridized carbons (Fsp3) is 0.452. The minimum atomic E-state index is -0.178. The Balaban J connectivity index is 1.36. The van der Waals surface area contributed by atoms with E-state index in [1.54, 1.807) is 20.2 Å². The largest absolute Gasteiger partial charge is 0.463 e. The molecule has 2 fully saturated rings. The smallest absolute Gasteiger partial charge is 0.335 e. The average Bonchev–Trinajstić information content (AvgIpc) is 3.39. The van der Waals surface area contributed by atoms with Gasteiger partial charge in [0.1, 0.15) is 0 Å². The van der Waals surface area contributed by atoms with E-state index in [0.717, 1.165) is 42.4 Å². The van der Waals surface area contributed by atoms with E-state index in [1.807, 2.05) is 36.9 Å². The van der Waals surface area contributed by atoms with Crippen molar-refractivity contribution < 1.29 is 14.3 Å². The summed E-state index contributed by atoms with van der Waals surface area (Å²) < 4.78 is 5.47. The monoisotopic (exact) mass is 540 g/mol. The number of piperidine rings is 1. The molecule has 2 heterocycles. The lowest BCUT2D eigenvalue weighted by molar-refractivity contribution is 0.0712. The average molecular weight is 541 g/mol. The summed E-state index contributed by atoms with van der Waals surface area (Å²) in [7, 11) is 3.37. The van der Waals surface area contributed by atoms with Gasteiger partial charge in [-0.15, -0.1) is 5.10 Å². The number of benzene rings is 2. The van der Waals surface area contributed by atoms with Crippen molar-refractivity contribution in [3.05, 3.63) is 63.7 Å². The van der Waals surface area contributed by atoms with Crippen molar-refractivity contribution in [1.29, 1.82) is 5.26 Å². The van der Waals surface area contributed by atoms with Crippen LogP contribution in [-0.2, 0) is 0 Å². The molecule has 2 aliphatic rings. The lowest BCUT2D eigenvalue weighted by Gasteiger charge is -2.33. The number of nitrogens with one attached hydrogen (secondary N) is 1. The molecule has 0 spiro atoms. The lowest BCUT2D eigenvalue weighted by Crippen LogP contribution is -2.38. The second kappa shape index (κ2) is 11.5. The number of nitriles is 1. The number of carbonyl (C=O) groups is 2. The van der Waals surface area contributed by atoms with Crippen LogP contribution in [0.2, 0.25) is 0 Å². The maximum absolute atomic E-state index is 13.8. The summed E-state index contributed by atoms with van der Waals surface area (Å²) in [4.78, 5) is 34.4. The van der Waals surface area contributed by atoms with Crippen LogP contribution in [0.4, 0.5) is 0 Å². The third-order valence-electron chi connectivity index (χ3n) is 8.22. The van der Waals surface area contributed by atoms with Gasteiger partial charge in [-0.25, -0.2) is 0 Å². The molecule has 208 valence electrons. The molecule has 9 nitrogen and oxygen atoms in total. The van der Waals surface area contributed by atoms with E-state index in [2.05, 4.69) is 27.3 Å². The van der Waals surface area contributed by atoms with Gasteiger partial charge >= 0.3 is 6.01 Å². The highest BCUT2D eigenvalue weighted by Gasteiger charge is 2.30. The van der Waals surface area contributed by atoms with E-state index in [4.69, 9.17) is 4.74 Å². The Morgan fingerprint density at radius 1 is 1.10 bits per heavy atom. The zero-order chi connectivity index (χ0) is 28.4. The van der Waals surface area contributed by atoms with Gasteiger partial charge in [-0.05, 0) is 86.3 Å². The number of carbonyl (C=O) groups excluding carboxylic acids is 2. The molecule has 0 bridgehead atoms. The molecule has 1 saturated carbocycles. The maximum atomic E-state index is 13.8. The molecule has 0 radical (unpaired) electrons. The Labute approximate surface area is 235 Å². The van der Waals surface area contributed by atoms with Crippen LogP contribution in [0, 0.1) is 18.3 Å². The van der Waals surface area contributed by atoms with Gasteiger partial charge in [0.25, 0.3) is 11.8 Å². The van der Waals surface area contributed by atoms with Gasteiger partial charge in [-0.1, -0.05) is 18.6 Å². The number of ether oxygens (including phenoxy) is 1. The van der Waals surface area contributed by atoms with Gasteiger partial charge in [0.15, 0.2) is 5.82 Å². The van der Waals surface area contributed by atoms with Gasteiger partial charge in [0.05, 0.1) is 23.8 Å². The number of hydrogen-bond donors (Lipinski definition) is 1. The highest BCUT2D eigenvalue weighted by atomic mass is 16.5. The van der Waals surface area contributed by atoms with E-state index in [0.29, 0.717) is 54.1 Å². The van der Waals surface area contributed by atoms with Gasteiger partial charge < -0.3 is 14.5 Å². The zero-order valence-electron chi connectivity index (χ0n) is 23.7. The number of H-pyrrole nitrogens is 1. The summed E-state index contributed by atoms with van der Waals surface area (Å²) in [5, 5.41) is 16.7. The van der Waals surface area contributed by atoms with Crippen molar-refractivity contribution in [2.24, 2.45) is 0 Å². The molecule has 2 aromatic carbocycles. The van der Waals surface area contributed by atoms with Crippen molar-refractivity contribution in [2.45, 2.75) is 57.8 Å². The van der Waals surface area contributed by atoms with E-state index in [-0.39, 0.29) is 17.7 Å². The molecule has 1 saturated heterocycles.